The largest absolute Gasteiger partial charge is 0.321 e. The molecule has 10 heteroatoms. The fourth-order valence-corrected chi connectivity index (χ4v) is 6.61. The van der Waals surface area contributed by atoms with E-state index in [0.29, 0.717) is 35.9 Å². The van der Waals surface area contributed by atoms with Crippen molar-refractivity contribution in [1.82, 2.24) is 9.66 Å². The average Bonchev–Trinajstić information content (AvgIpc) is 3.35. The molecule has 4 heterocycles. The number of fused-ring (bicyclic) bond motifs is 2. The summed E-state index contributed by atoms with van der Waals surface area (Å²) in [7, 11) is 0. The van der Waals surface area contributed by atoms with Crippen molar-refractivity contribution in [1.29, 1.82) is 0 Å². The van der Waals surface area contributed by atoms with Crippen molar-refractivity contribution in [3.63, 3.8) is 0 Å². The minimum Gasteiger partial charge on any atom is -0.321 e. The highest BCUT2D eigenvalue weighted by molar-refractivity contribution is 7.99. The summed E-state index contributed by atoms with van der Waals surface area (Å²) in [6, 6.07) is 9.50. The van der Waals surface area contributed by atoms with Crippen LogP contribution in [0.15, 0.2) is 45.4 Å². The Morgan fingerprint density at radius 2 is 1.94 bits per heavy atom. The van der Waals surface area contributed by atoms with Crippen molar-refractivity contribution < 1.29 is 4.79 Å². The van der Waals surface area contributed by atoms with E-state index in [1.54, 1.807) is 6.92 Å². The van der Waals surface area contributed by atoms with Gasteiger partial charge in [0.15, 0.2) is 5.16 Å². The van der Waals surface area contributed by atoms with Gasteiger partial charge in [-0.2, -0.15) is 9.78 Å². The lowest BCUT2D eigenvalue weighted by Crippen LogP contribution is -2.25. The summed E-state index contributed by atoms with van der Waals surface area (Å²) in [5.74, 6) is 0.353. The third kappa shape index (κ3) is 3.59. The van der Waals surface area contributed by atoms with Gasteiger partial charge >= 0.3 is 0 Å². The number of aryl methyl sites for hydroxylation is 2. The van der Waals surface area contributed by atoms with Crippen LogP contribution in [0.3, 0.4) is 0 Å². The second kappa shape index (κ2) is 8.15. The molecule has 5 rings (SSSR count). The van der Waals surface area contributed by atoms with Crippen LogP contribution in [-0.2, 0) is 0 Å². The molecule has 1 aliphatic heterocycles. The van der Waals surface area contributed by atoms with Crippen molar-refractivity contribution in [2.75, 3.05) is 11.1 Å². The molecule has 4 aromatic rings. The Morgan fingerprint density at radius 1 is 1.12 bits per heavy atom. The third-order valence-corrected chi connectivity index (χ3v) is 8.79. The number of hydrogen-bond acceptors (Lipinski definition) is 7. The first-order chi connectivity index (χ1) is 15.3. The van der Waals surface area contributed by atoms with Crippen molar-refractivity contribution >= 4 is 73.6 Å². The second-order valence-electron chi connectivity index (χ2n) is 7.39. The van der Waals surface area contributed by atoms with E-state index < -0.39 is 0 Å². The van der Waals surface area contributed by atoms with Crippen LogP contribution in [0, 0.1) is 20.8 Å². The van der Waals surface area contributed by atoms with Crippen molar-refractivity contribution in [2.24, 2.45) is 5.10 Å². The van der Waals surface area contributed by atoms with Crippen LogP contribution >= 0.6 is 46.0 Å². The second-order valence-corrected chi connectivity index (χ2v) is 11.0. The standard InChI is InChI=1S/C22H17ClN4O2S3/c1-10-5-4-6-13(11(10)2)24-19(28)18-12(3)17-20(32-18)25-22-27(21(17)29)26-14(9-30-22)15-7-8-16(23)31-15/h4-8H,9H2,1-3H3,(H,24,28). The zero-order valence-corrected chi connectivity index (χ0v) is 20.6. The summed E-state index contributed by atoms with van der Waals surface area (Å²) >= 11 is 10.2. The number of hydrogen-bond donors (Lipinski definition) is 1. The van der Waals surface area contributed by atoms with Crippen LogP contribution < -0.4 is 10.9 Å². The Balaban J connectivity index is 1.57. The Bertz CT molecular complexity index is 1500. The zero-order chi connectivity index (χ0) is 22.6. The predicted molar refractivity (Wildman–Crippen MR) is 134 cm³/mol. The number of aromatic nitrogens is 2. The molecule has 0 fully saturated rings. The smallest absolute Gasteiger partial charge is 0.283 e. The van der Waals surface area contributed by atoms with E-state index in [0.717, 1.165) is 27.4 Å². The molecule has 0 bridgehead atoms. The molecule has 6 nitrogen and oxygen atoms in total. The number of nitrogens with zero attached hydrogens (tertiary/aromatic N) is 3. The van der Waals surface area contributed by atoms with Gasteiger partial charge in [-0.15, -0.1) is 22.7 Å². The highest BCUT2D eigenvalue weighted by Gasteiger charge is 2.25. The molecule has 0 atom stereocenters. The highest BCUT2D eigenvalue weighted by Crippen LogP contribution is 2.32. The highest BCUT2D eigenvalue weighted by atomic mass is 35.5. The van der Waals surface area contributed by atoms with Crippen LogP contribution in [0.4, 0.5) is 5.69 Å². The summed E-state index contributed by atoms with van der Waals surface area (Å²) in [6.45, 7) is 5.76. The number of thioether (sulfide) groups is 1. The molecule has 0 spiro atoms. The quantitative estimate of drug-likeness (QED) is 0.365. The summed E-state index contributed by atoms with van der Waals surface area (Å²) in [5.41, 5.74) is 4.00. The molecule has 0 radical (unpaired) electrons. The van der Waals surface area contributed by atoms with Gasteiger partial charge in [0.25, 0.3) is 11.5 Å². The molecule has 3 aromatic heterocycles. The molecule has 1 aromatic carbocycles. The van der Waals surface area contributed by atoms with Gasteiger partial charge in [-0.3, -0.25) is 9.59 Å². The van der Waals surface area contributed by atoms with E-state index in [1.165, 1.54) is 39.1 Å². The fourth-order valence-electron chi connectivity index (χ4n) is 3.49. The summed E-state index contributed by atoms with van der Waals surface area (Å²) < 4.78 is 2.01. The van der Waals surface area contributed by atoms with Crippen molar-refractivity contribution in [2.45, 2.75) is 25.9 Å². The molecular formula is C22H17ClN4O2S3. The van der Waals surface area contributed by atoms with Crippen molar-refractivity contribution in [3.05, 3.63) is 71.5 Å². The molecule has 0 aliphatic carbocycles. The SMILES string of the molecule is Cc1cccc(NC(=O)c2sc3nc4n(c(=O)c3c2C)N=C(c2ccc(Cl)s2)CS4)c1C. The summed E-state index contributed by atoms with van der Waals surface area (Å²) in [5, 5.41) is 8.49. The maximum atomic E-state index is 13.3. The number of carbonyl (C=O) groups excluding carboxylic acids is 1. The van der Waals surface area contributed by atoms with Crippen LogP contribution in [0.2, 0.25) is 4.34 Å². The zero-order valence-electron chi connectivity index (χ0n) is 17.4. The van der Waals surface area contributed by atoms with Gasteiger partial charge in [-0.05, 0) is 55.7 Å². The van der Waals surface area contributed by atoms with Crippen LogP contribution in [0.5, 0.6) is 0 Å². The third-order valence-electron chi connectivity index (χ3n) is 5.39. The monoisotopic (exact) mass is 500 g/mol. The first-order valence-corrected chi connectivity index (χ1v) is 12.7. The van der Waals surface area contributed by atoms with E-state index in [4.69, 9.17) is 11.6 Å². The Morgan fingerprint density at radius 3 is 2.69 bits per heavy atom. The first kappa shape index (κ1) is 21.4. The van der Waals surface area contributed by atoms with Crippen LogP contribution in [-0.4, -0.2) is 27.0 Å². The van der Waals surface area contributed by atoms with Gasteiger partial charge in [-0.25, -0.2) is 4.98 Å². The summed E-state index contributed by atoms with van der Waals surface area (Å²) in [4.78, 5) is 33.0. The Hall–Kier alpha value is -2.46. The predicted octanol–water partition coefficient (Wildman–Crippen LogP) is 5.71. The van der Waals surface area contributed by atoms with Crippen LogP contribution in [0.1, 0.15) is 31.2 Å². The minimum atomic E-state index is -0.267. The van der Waals surface area contributed by atoms with Gasteiger partial charge in [0.05, 0.1) is 25.2 Å². The van der Waals surface area contributed by atoms with E-state index in [-0.39, 0.29) is 11.5 Å². The van der Waals surface area contributed by atoms with Gasteiger partial charge < -0.3 is 5.32 Å². The molecule has 32 heavy (non-hydrogen) atoms. The molecule has 1 amide bonds. The molecule has 162 valence electrons. The molecule has 0 saturated heterocycles. The number of nitrogens with one attached hydrogen (secondary N) is 1. The maximum absolute atomic E-state index is 13.3. The molecule has 1 N–H and O–H groups in total. The normalized spacial score (nSPS) is 13.2. The topological polar surface area (TPSA) is 76.3 Å². The van der Waals surface area contributed by atoms with E-state index in [9.17, 15) is 9.59 Å². The Kier molecular flexibility index (Phi) is 5.45. The van der Waals surface area contributed by atoms with Gasteiger partial charge in [-0.1, -0.05) is 35.5 Å². The number of anilines is 1. The number of thiophene rings is 2. The molecule has 1 aliphatic rings. The van der Waals surface area contributed by atoms with E-state index in [1.807, 2.05) is 44.2 Å². The maximum Gasteiger partial charge on any atom is 0.283 e. The summed E-state index contributed by atoms with van der Waals surface area (Å²) in [6.07, 6.45) is 0. The lowest BCUT2D eigenvalue weighted by atomic mass is 10.1. The number of carbonyl (C=O) groups is 1. The number of amides is 1. The average molecular weight is 501 g/mol. The lowest BCUT2D eigenvalue weighted by Gasteiger charge is -2.14. The fraction of sp³-hybridized carbons (Fsp3) is 0.182. The van der Waals surface area contributed by atoms with Crippen molar-refractivity contribution in [3.8, 4) is 0 Å². The van der Waals surface area contributed by atoms with E-state index in [2.05, 4.69) is 15.4 Å². The molecule has 0 saturated carbocycles. The minimum absolute atomic E-state index is 0.244. The number of rotatable bonds is 3. The van der Waals surface area contributed by atoms with Gasteiger partial charge in [0.2, 0.25) is 0 Å². The molecular weight excluding hydrogens is 484 g/mol. The van der Waals surface area contributed by atoms with Crippen LogP contribution in [0.25, 0.3) is 10.2 Å². The lowest BCUT2D eigenvalue weighted by molar-refractivity contribution is 0.103. The Labute approximate surface area is 201 Å². The van der Waals surface area contributed by atoms with E-state index >= 15 is 0 Å². The number of benzene rings is 1. The van der Waals surface area contributed by atoms with Gasteiger partial charge in [0, 0.05) is 11.4 Å². The van der Waals surface area contributed by atoms with Gasteiger partial charge in [0.1, 0.15) is 4.83 Å². The molecule has 0 unspecified atom stereocenters. The number of halogens is 1. The first-order valence-electron chi connectivity index (χ1n) is 9.73.